The Bertz CT molecular complexity index is 1780. The normalized spacial score (nSPS) is 14.4. The van der Waals surface area contributed by atoms with Crippen molar-refractivity contribution in [2.75, 3.05) is 25.5 Å². The first-order chi connectivity index (χ1) is 19.9. The zero-order valence-electron chi connectivity index (χ0n) is 22.9. The van der Waals surface area contributed by atoms with E-state index in [2.05, 4.69) is 51.5 Å². The SMILES string of the molecule is CCn1c(=O)c(-c2ccc(-c3ccncc3F)cc2Cl)cc2cnc(Nc3ccc(C4CCN(C)CC4)cc3)nc21. The van der Waals surface area contributed by atoms with Crippen LogP contribution < -0.4 is 10.9 Å². The Morgan fingerprint density at radius 1 is 1.00 bits per heavy atom. The first-order valence-electron chi connectivity index (χ1n) is 13.8. The average molecular weight is 569 g/mol. The van der Waals surface area contributed by atoms with Crippen molar-refractivity contribution in [2.24, 2.45) is 0 Å². The number of pyridine rings is 2. The molecule has 0 unspecified atom stereocenters. The number of halogens is 2. The van der Waals surface area contributed by atoms with Crippen LogP contribution in [-0.4, -0.2) is 44.6 Å². The molecule has 1 aliphatic heterocycles. The van der Waals surface area contributed by atoms with Gasteiger partial charge >= 0.3 is 0 Å². The molecule has 1 N–H and O–H groups in total. The van der Waals surface area contributed by atoms with Crippen molar-refractivity contribution in [1.29, 1.82) is 0 Å². The third-order valence-electron chi connectivity index (χ3n) is 7.84. The smallest absolute Gasteiger partial charge is 0.260 e. The molecule has 0 atom stereocenters. The van der Waals surface area contributed by atoms with Crippen molar-refractivity contribution >= 4 is 34.3 Å². The maximum atomic E-state index is 14.3. The van der Waals surface area contributed by atoms with Gasteiger partial charge in [0.1, 0.15) is 11.5 Å². The average Bonchev–Trinajstić information content (AvgIpc) is 2.98. The first kappa shape index (κ1) is 27.1. The number of fused-ring (bicyclic) bond motifs is 1. The minimum atomic E-state index is -0.440. The summed E-state index contributed by atoms with van der Waals surface area (Å²) >= 11 is 6.64. The highest BCUT2D eigenvalue weighted by atomic mass is 35.5. The molecule has 4 heterocycles. The van der Waals surface area contributed by atoms with Gasteiger partial charge in [0, 0.05) is 51.7 Å². The number of aromatic nitrogens is 4. The molecule has 9 heteroatoms. The van der Waals surface area contributed by atoms with Crippen LogP contribution in [0.3, 0.4) is 0 Å². The summed E-state index contributed by atoms with van der Waals surface area (Å²) in [6.45, 7) is 4.57. The molecular formula is C32H30ClFN6O. The molecular weight excluding hydrogens is 539 g/mol. The van der Waals surface area contributed by atoms with E-state index in [-0.39, 0.29) is 5.56 Å². The molecule has 1 fully saturated rings. The van der Waals surface area contributed by atoms with Gasteiger partial charge in [-0.05, 0) is 87.3 Å². The Morgan fingerprint density at radius 3 is 2.49 bits per heavy atom. The number of rotatable bonds is 6. The molecule has 0 saturated carbocycles. The topological polar surface area (TPSA) is 75.9 Å². The Hall–Kier alpha value is -4.14. The second-order valence-electron chi connectivity index (χ2n) is 10.5. The summed E-state index contributed by atoms with van der Waals surface area (Å²) in [5.41, 5.74) is 4.56. The number of anilines is 2. The largest absolute Gasteiger partial charge is 0.324 e. The molecule has 0 radical (unpaired) electrons. The molecule has 1 saturated heterocycles. The van der Waals surface area contributed by atoms with Crippen molar-refractivity contribution < 1.29 is 4.39 Å². The summed E-state index contributed by atoms with van der Waals surface area (Å²) in [6.07, 6.45) is 6.74. The molecule has 5 aromatic rings. The molecule has 1 aliphatic rings. The van der Waals surface area contributed by atoms with Gasteiger partial charge in [-0.1, -0.05) is 35.9 Å². The number of benzene rings is 2. The van der Waals surface area contributed by atoms with Crippen LogP contribution in [0.15, 0.2) is 78.0 Å². The fourth-order valence-electron chi connectivity index (χ4n) is 5.53. The lowest BCUT2D eigenvalue weighted by atomic mass is 9.89. The van der Waals surface area contributed by atoms with E-state index >= 15 is 0 Å². The second kappa shape index (κ2) is 11.4. The van der Waals surface area contributed by atoms with Crippen LogP contribution in [0, 0.1) is 5.82 Å². The summed E-state index contributed by atoms with van der Waals surface area (Å²) in [5.74, 6) is 0.567. The van der Waals surface area contributed by atoms with Gasteiger partial charge in [-0.2, -0.15) is 4.98 Å². The minimum Gasteiger partial charge on any atom is -0.324 e. The third-order valence-corrected chi connectivity index (χ3v) is 8.16. The van der Waals surface area contributed by atoms with Gasteiger partial charge in [0.15, 0.2) is 0 Å². The number of hydrogen-bond donors (Lipinski definition) is 1. The molecule has 0 aliphatic carbocycles. The first-order valence-corrected chi connectivity index (χ1v) is 14.1. The van der Waals surface area contributed by atoms with E-state index in [0.29, 0.717) is 56.7 Å². The number of likely N-dealkylation sites (tertiary alicyclic amines) is 1. The van der Waals surface area contributed by atoms with Gasteiger partial charge in [0.2, 0.25) is 5.95 Å². The minimum absolute atomic E-state index is 0.211. The van der Waals surface area contributed by atoms with E-state index in [1.165, 1.54) is 24.6 Å². The molecule has 6 rings (SSSR count). The highest BCUT2D eigenvalue weighted by Gasteiger charge is 2.19. The lowest BCUT2D eigenvalue weighted by Crippen LogP contribution is -2.29. The number of piperidine rings is 1. The monoisotopic (exact) mass is 568 g/mol. The lowest BCUT2D eigenvalue weighted by Gasteiger charge is -2.29. The van der Waals surface area contributed by atoms with E-state index in [1.807, 2.05) is 6.92 Å². The number of nitrogens with zero attached hydrogens (tertiary/aromatic N) is 5. The van der Waals surface area contributed by atoms with E-state index in [9.17, 15) is 9.18 Å². The highest BCUT2D eigenvalue weighted by molar-refractivity contribution is 6.33. The number of hydrogen-bond acceptors (Lipinski definition) is 6. The van der Waals surface area contributed by atoms with E-state index in [0.717, 1.165) is 25.0 Å². The summed E-state index contributed by atoms with van der Waals surface area (Å²) in [7, 11) is 2.17. The molecule has 7 nitrogen and oxygen atoms in total. The number of aryl methyl sites for hydroxylation is 1. The van der Waals surface area contributed by atoms with Crippen molar-refractivity contribution in [3.05, 3.63) is 99.9 Å². The van der Waals surface area contributed by atoms with Crippen molar-refractivity contribution in [1.82, 2.24) is 24.4 Å². The fourth-order valence-corrected chi connectivity index (χ4v) is 5.81. The van der Waals surface area contributed by atoms with E-state index in [1.54, 1.807) is 41.1 Å². The van der Waals surface area contributed by atoms with E-state index in [4.69, 9.17) is 16.6 Å². The summed E-state index contributed by atoms with van der Waals surface area (Å²) in [4.78, 5) is 29.0. The molecule has 0 spiro atoms. The fraction of sp³-hybridized carbons (Fsp3) is 0.250. The van der Waals surface area contributed by atoms with Gasteiger partial charge in [0.05, 0.1) is 6.20 Å². The summed E-state index contributed by atoms with van der Waals surface area (Å²) < 4.78 is 15.9. The van der Waals surface area contributed by atoms with Crippen LogP contribution in [0.25, 0.3) is 33.3 Å². The van der Waals surface area contributed by atoms with Gasteiger partial charge in [-0.15, -0.1) is 0 Å². The van der Waals surface area contributed by atoms with Crippen molar-refractivity contribution in [3.63, 3.8) is 0 Å². The Morgan fingerprint density at radius 2 is 1.78 bits per heavy atom. The van der Waals surface area contributed by atoms with E-state index < -0.39 is 5.82 Å². The van der Waals surface area contributed by atoms with Gasteiger partial charge in [-0.25, -0.2) is 9.37 Å². The van der Waals surface area contributed by atoms with Crippen LogP contribution in [-0.2, 0) is 6.54 Å². The number of nitrogens with one attached hydrogen (secondary N) is 1. The van der Waals surface area contributed by atoms with Gasteiger partial charge in [0.25, 0.3) is 5.56 Å². The molecule has 0 amide bonds. The van der Waals surface area contributed by atoms with Crippen LogP contribution in [0.1, 0.15) is 31.2 Å². The Balaban J connectivity index is 1.29. The Labute approximate surface area is 242 Å². The molecule has 2 aromatic carbocycles. The quantitative estimate of drug-likeness (QED) is 0.240. The zero-order chi connectivity index (χ0) is 28.5. The standard InChI is InChI=1S/C32H30ClFN6O/c1-3-40-30-23(16-27(31(40)41)26-9-6-22(17-28(26)33)25-10-13-35-19-29(25)34)18-36-32(38-30)37-24-7-4-20(5-8-24)21-11-14-39(2)15-12-21/h4-10,13,16-19,21H,3,11-12,14-15H2,1-2H3,(H,36,37,38). The van der Waals surface area contributed by atoms with Crippen molar-refractivity contribution in [3.8, 4) is 22.3 Å². The van der Waals surface area contributed by atoms with Gasteiger partial charge in [-0.3, -0.25) is 14.3 Å². The third kappa shape index (κ3) is 5.45. The summed E-state index contributed by atoms with van der Waals surface area (Å²) in [6, 6.07) is 17.0. The maximum absolute atomic E-state index is 14.3. The summed E-state index contributed by atoms with van der Waals surface area (Å²) in [5, 5.41) is 4.34. The van der Waals surface area contributed by atoms with Crippen molar-refractivity contribution in [2.45, 2.75) is 32.2 Å². The Kier molecular flexibility index (Phi) is 7.51. The molecule has 41 heavy (non-hydrogen) atoms. The second-order valence-corrected chi connectivity index (χ2v) is 10.9. The predicted molar refractivity (Wildman–Crippen MR) is 162 cm³/mol. The van der Waals surface area contributed by atoms with Crippen LogP contribution >= 0.6 is 11.6 Å². The molecule has 208 valence electrons. The highest BCUT2D eigenvalue weighted by Crippen LogP contribution is 2.33. The molecule has 0 bridgehead atoms. The van der Waals surface area contributed by atoms with Crippen LogP contribution in [0.5, 0.6) is 0 Å². The molecule has 3 aromatic heterocycles. The predicted octanol–water partition coefficient (Wildman–Crippen LogP) is 6.89. The lowest BCUT2D eigenvalue weighted by molar-refractivity contribution is 0.255. The van der Waals surface area contributed by atoms with Crippen LogP contribution in [0.4, 0.5) is 16.0 Å². The maximum Gasteiger partial charge on any atom is 0.260 e. The zero-order valence-corrected chi connectivity index (χ0v) is 23.7. The van der Waals surface area contributed by atoms with Crippen LogP contribution in [0.2, 0.25) is 5.02 Å². The van der Waals surface area contributed by atoms with Gasteiger partial charge < -0.3 is 10.2 Å².